The van der Waals surface area contributed by atoms with Crippen LogP contribution in [-0.4, -0.2) is 93.7 Å². The molecule has 3 atom stereocenters. The van der Waals surface area contributed by atoms with Gasteiger partial charge in [-0.1, -0.05) is 42.5 Å². The van der Waals surface area contributed by atoms with Crippen molar-refractivity contribution in [2.75, 3.05) is 6.54 Å². The van der Waals surface area contributed by atoms with Gasteiger partial charge in [-0.15, -0.1) is 10.2 Å². The number of nitrogens with one attached hydrogen (secondary N) is 1. The smallest absolute Gasteiger partial charge is 0.299 e. The maximum absolute atomic E-state index is 14.2. The summed E-state index contributed by atoms with van der Waals surface area (Å²) < 4.78 is 2.82. The first-order chi connectivity index (χ1) is 20.3. The molecule has 0 aromatic carbocycles. The van der Waals surface area contributed by atoms with Crippen LogP contribution < -0.4 is 11.1 Å². The zero-order chi connectivity index (χ0) is 31.5. The average molecular weight is 599 g/mol. The van der Waals surface area contributed by atoms with Crippen LogP contribution in [0, 0.1) is 5.92 Å². The Bertz CT molecular complexity index is 1420. The highest BCUT2D eigenvalue weighted by atomic mass is 16.3. The van der Waals surface area contributed by atoms with Crippen molar-refractivity contribution < 1.29 is 29.1 Å². The predicted octanol–water partition coefficient (Wildman–Crippen LogP) is -0.413. The van der Waals surface area contributed by atoms with Gasteiger partial charge in [0.25, 0.3) is 17.7 Å². The van der Waals surface area contributed by atoms with E-state index >= 15 is 0 Å². The number of aryl methyl sites for hydroxylation is 1. The van der Waals surface area contributed by atoms with E-state index in [1.165, 1.54) is 33.6 Å². The molecule has 2 fully saturated rings. The standard InChI is InChI=1S/C27H38N10O6/c1-15(22(38)23(28)39)30-25(41)20-11-17(37-21(12-29-33-37)27(2,3)43)13-36(20)26(42)18(10-16-8-6-5-7-9-16)31-24(40)19-14-35(4)34-32-19/h12,14-17,20,43H,5-11,13H2,1-4H3,(H2,28,39)(H,30,41)/b31-18+/t15?,17-,20-/m0/s1. The van der Waals surface area contributed by atoms with Crippen LogP contribution in [-0.2, 0) is 31.8 Å². The summed E-state index contributed by atoms with van der Waals surface area (Å²) in [4.78, 5) is 69.8. The summed E-state index contributed by atoms with van der Waals surface area (Å²) in [5.41, 5.74) is 4.12. The Morgan fingerprint density at radius 3 is 2.47 bits per heavy atom. The Hall–Kier alpha value is -4.34. The SMILES string of the molecule is CC(NC(=O)[C@@H]1C[C@H](n2nncc2C(C)(C)O)CN1C(=O)/C(CC1CCCCC1)=N/C(=O)c1cn(C)nn1)C(=O)C(N)=O. The van der Waals surface area contributed by atoms with Gasteiger partial charge in [0.05, 0.1) is 30.2 Å². The molecule has 43 heavy (non-hydrogen) atoms. The highest BCUT2D eigenvalue weighted by molar-refractivity contribution is 6.41. The molecule has 232 valence electrons. The molecule has 16 nitrogen and oxygen atoms in total. The molecule has 1 aliphatic heterocycles. The number of primary amides is 1. The van der Waals surface area contributed by atoms with Crippen LogP contribution in [0.4, 0.5) is 0 Å². The molecule has 1 saturated heterocycles. The topological polar surface area (TPSA) is 221 Å². The fourth-order valence-electron chi connectivity index (χ4n) is 5.64. The number of ketones is 1. The lowest BCUT2D eigenvalue weighted by atomic mass is 9.85. The number of likely N-dealkylation sites (tertiary alicyclic amines) is 1. The number of hydrogen-bond donors (Lipinski definition) is 3. The van der Waals surface area contributed by atoms with Crippen LogP contribution in [0.2, 0.25) is 0 Å². The van der Waals surface area contributed by atoms with Crippen LogP contribution in [0.1, 0.15) is 87.9 Å². The van der Waals surface area contributed by atoms with Gasteiger partial charge in [0, 0.05) is 20.0 Å². The van der Waals surface area contributed by atoms with E-state index in [2.05, 4.69) is 30.9 Å². The van der Waals surface area contributed by atoms with Gasteiger partial charge in [0.1, 0.15) is 17.4 Å². The minimum atomic E-state index is -1.32. The van der Waals surface area contributed by atoms with Gasteiger partial charge in [0.2, 0.25) is 11.7 Å². The van der Waals surface area contributed by atoms with Gasteiger partial charge in [-0.3, -0.25) is 28.7 Å². The van der Waals surface area contributed by atoms with E-state index in [1.54, 1.807) is 20.9 Å². The van der Waals surface area contributed by atoms with Crippen LogP contribution in [0.15, 0.2) is 17.4 Å². The van der Waals surface area contributed by atoms with Crippen LogP contribution in [0.3, 0.4) is 0 Å². The minimum absolute atomic E-state index is 0.0106. The van der Waals surface area contributed by atoms with Crippen molar-refractivity contribution in [3.63, 3.8) is 0 Å². The fourth-order valence-corrected chi connectivity index (χ4v) is 5.64. The van der Waals surface area contributed by atoms with E-state index in [1.807, 2.05) is 0 Å². The Morgan fingerprint density at radius 1 is 1.16 bits per heavy atom. The number of carbonyl (C=O) groups excluding carboxylic acids is 5. The van der Waals surface area contributed by atoms with E-state index in [0.29, 0.717) is 5.69 Å². The third kappa shape index (κ3) is 7.36. The van der Waals surface area contributed by atoms with E-state index in [4.69, 9.17) is 5.73 Å². The highest BCUT2D eigenvalue weighted by Gasteiger charge is 2.44. The van der Waals surface area contributed by atoms with Crippen LogP contribution in [0.25, 0.3) is 0 Å². The van der Waals surface area contributed by atoms with Crippen molar-refractivity contribution in [2.24, 2.45) is 23.7 Å². The number of rotatable bonds is 10. The van der Waals surface area contributed by atoms with Crippen molar-refractivity contribution in [1.29, 1.82) is 0 Å². The summed E-state index contributed by atoms with van der Waals surface area (Å²) in [5.74, 6) is -4.11. The summed E-state index contributed by atoms with van der Waals surface area (Å²) in [6, 6.07) is -2.94. The lowest BCUT2D eigenvalue weighted by Gasteiger charge is -2.27. The number of carbonyl (C=O) groups is 5. The second kappa shape index (κ2) is 12.9. The van der Waals surface area contributed by atoms with Crippen LogP contribution in [0.5, 0.6) is 0 Å². The molecule has 2 aromatic rings. The van der Waals surface area contributed by atoms with Gasteiger partial charge in [-0.05, 0) is 33.1 Å². The van der Waals surface area contributed by atoms with Crippen molar-refractivity contribution in [3.05, 3.63) is 23.8 Å². The van der Waals surface area contributed by atoms with Crippen molar-refractivity contribution >= 4 is 35.1 Å². The van der Waals surface area contributed by atoms with Crippen molar-refractivity contribution in [3.8, 4) is 0 Å². The normalized spacial score (nSPS) is 20.6. The quantitative estimate of drug-likeness (QED) is 0.237. The number of nitrogens with two attached hydrogens (primary N) is 1. The fraction of sp³-hybridized carbons (Fsp3) is 0.630. The second-order valence-corrected chi connectivity index (χ2v) is 11.8. The van der Waals surface area contributed by atoms with Gasteiger partial charge in [-0.2, -0.15) is 0 Å². The first-order valence-electron chi connectivity index (χ1n) is 14.3. The van der Waals surface area contributed by atoms with E-state index in [-0.39, 0.29) is 36.7 Å². The maximum atomic E-state index is 14.2. The molecule has 2 aromatic heterocycles. The number of aliphatic imine (C=N–C) groups is 1. The molecule has 0 radical (unpaired) electrons. The molecule has 0 bridgehead atoms. The molecule has 3 heterocycles. The molecule has 4 N–H and O–H groups in total. The maximum Gasteiger partial charge on any atom is 0.299 e. The molecule has 2 aliphatic rings. The zero-order valence-electron chi connectivity index (χ0n) is 24.8. The monoisotopic (exact) mass is 598 g/mol. The predicted molar refractivity (Wildman–Crippen MR) is 150 cm³/mol. The number of Topliss-reactive ketones (excluding diaryl/α,β-unsaturated/α-hetero) is 1. The van der Waals surface area contributed by atoms with Gasteiger partial charge >= 0.3 is 0 Å². The molecule has 1 aliphatic carbocycles. The Morgan fingerprint density at radius 2 is 1.86 bits per heavy atom. The number of amides is 4. The molecule has 16 heteroatoms. The Balaban J connectivity index is 1.69. The molecule has 4 amide bonds. The lowest BCUT2D eigenvalue weighted by Crippen LogP contribution is -2.52. The van der Waals surface area contributed by atoms with E-state index in [0.717, 1.165) is 32.1 Å². The number of hydrogen-bond acceptors (Lipinski definition) is 10. The molecule has 0 spiro atoms. The third-order valence-electron chi connectivity index (χ3n) is 7.90. The Kier molecular flexibility index (Phi) is 9.47. The highest BCUT2D eigenvalue weighted by Crippen LogP contribution is 2.33. The first-order valence-corrected chi connectivity index (χ1v) is 14.3. The molecule has 1 unspecified atom stereocenters. The van der Waals surface area contributed by atoms with Crippen molar-refractivity contribution in [2.45, 2.75) is 89.4 Å². The molecular weight excluding hydrogens is 560 g/mol. The second-order valence-electron chi connectivity index (χ2n) is 11.8. The van der Waals surface area contributed by atoms with Crippen molar-refractivity contribution in [1.82, 2.24) is 40.2 Å². The molecular formula is C27H38N10O6. The van der Waals surface area contributed by atoms with Gasteiger partial charge < -0.3 is 21.1 Å². The van der Waals surface area contributed by atoms with E-state index in [9.17, 15) is 29.1 Å². The average Bonchev–Trinajstić information content (AvgIpc) is 3.71. The largest absolute Gasteiger partial charge is 0.384 e. The number of aromatic nitrogens is 6. The summed E-state index contributed by atoms with van der Waals surface area (Å²) in [7, 11) is 1.60. The minimum Gasteiger partial charge on any atom is -0.384 e. The zero-order valence-corrected chi connectivity index (χ0v) is 24.8. The third-order valence-corrected chi connectivity index (χ3v) is 7.90. The van der Waals surface area contributed by atoms with E-state index < -0.39 is 53.1 Å². The van der Waals surface area contributed by atoms with Crippen LogP contribution >= 0.6 is 0 Å². The Labute approximate surface area is 248 Å². The van der Waals surface area contributed by atoms with Gasteiger partial charge in [0.15, 0.2) is 5.69 Å². The molecule has 1 saturated carbocycles. The molecule has 4 rings (SSSR count). The number of aliphatic hydroxyl groups is 1. The first kappa shape index (κ1) is 31.6. The summed E-state index contributed by atoms with van der Waals surface area (Å²) in [6.45, 7) is 4.43. The van der Waals surface area contributed by atoms with Gasteiger partial charge in [-0.25, -0.2) is 9.67 Å². The number of nitrogens with zero attached hydrogens (tertiary/aromatic N) is 8. The summed E-state index contributed by atoms with van der Waals surface area (Å²) in [6.07, 6.45) is 7.93. The lowest BCUT2D eigenvalue weighted by molar-refractivity contribution is -0.139. The summed E-state index contributed by atoms with van der Waals surface area (Å²) in [5, 5.41) is 28.8. The summed E-state index contributed by atoms with van der Waals surface area (Å²) >= 11 is 0.